The number of hydrogen-bond acceptors (Lipinski definition) is 4. The van der Waals surface area contributed by atoms with Crippen molar-refractivity contribution in [1.82, 2.24) is 15.1 Å². The van der Waals surface area contributed by atoms with E-state index < -0.39 is 0 Å². The van der Waals surface area contributed by atoms with Gasteiger partial charge in [0.2, 0.25) is 0 Å². The smallest absolute Gasteiger partial charge is 0.0594 e. The molecule has 4 heteroatoms. The molecule has 1 saturated heterocycles. The van der Waals surface area contributed by atoms with Crippen LogP contribution in [0, 0.1) is 0 Å². The summed E-state index contributed by atoms with van der Waals surface area (Å²) in [5.41, 5.74) is 1.39. The van der Waals surface area contributed by atoms with Crippen LogP contribution in [0.25, 0.3) is 0 Å². The van der Waals surface area contributed by atoms with Crippen molar-refractivity contribution in [1.29, 1.82) is 0 Å². The molecule has 1 aromatic rings. The molecule has 0 spiro atoms. The molecule has 2 atom stereocenters. The first kappa shape index (κ1) is 16.4. The lowest BCUT2D eigenvalue weighted by atomic mass is 10.0. The van der Waals surface area contributed by atoms with Crippen LogP contribution in [-0.2, 0) is 4.74 Å². The molecule has 4 nitrogen and oxygen atoms in total. The summed E-state index contributed by atoms with van der Waals surface area (Å²) >= 11 is 0. The summed E-state index contributed by atoms with van der Waals surface area (Å²) in [5, 5.41) is 3.59. The van der Waals surface area contributed by atoms with E-state index in [4.69, 9.17) is 4.74 Å². The molecular formula is C17H29N3O. The third-order valence-electron chi connectivity index (χ3n) is 4.00. The van der Waals surface area contributed by atoms with Gasteiger partial charge in [0.1, 0.15) is 0 Å². The molecule has 0 aliphatic carbocycles. The lowest BCUT2D eigenvalue weighted by molar-refractivity contribution is 0.0614. The molecule has 0 aromatic heterocycles. The maximum absolute atomic E-state index is 5.76. The molecule has 0 amide bonds. The second kappa shape index (κ2) is 8.49. The van der Waals surface area contributed by atoms with Crippen molar-refractivity contribution in [3.63, 3.8) is 0 Å². The number of benzene rings is 1. The fourth-order valence-corrected chi connectivity index (χ4v) is 2.77. The molecule has 2 rings (SSSR count). The topological polar surface area (TPSA) is 27.7 Å². The van der Waals surface area contributed by atoms with Gasteiger partial charge >= 0.3 is 0 Å². The molecule has 0 saturated carbocycles. The second-order valence-electron chi connectivity index (χ2n) is 6.15. The van der Waals surface area contributed by atoms with E-state index in [1.807, 2.05) is 0 Å². The van der Waals surface area contributed by atoms with Gasteiger partial charge in [-0.2, -0.15) is 0 Å². The van der Waals surface area contributed by atoms with E-state index in [9.17, 15) is 0 Å². The average molecular weight is 291 g/mol. The summed E-state index contributed by atoms with van der Waals surface area (Å²) in [6.45, 7) is 7.95. The Morgan fingerprint density at radius 1 is 1.24 bits per heavy atom. The van der Waals surface area contributed by atoms with Crippen LogP contribution in [0.5, 0.6) is 0 Å². The normalized spacial score (nSPS) is 23.6. The second-order valence-corrected chi connectivity index (χ2v) is 6.15. The van der Waals surface area contributed by atoms with Crippen LogP contribution in [0.1, 0.15) is 18.5 Å². The van der Waals surface area contributed by atoms with Crippen LogP contribution in [0.15, 0.2) is 30.3 Å². The predicted octanol–water partition coefficient (Wildman–Crippen LogP) is 1.60. The molecule has 2 unspecified atom stereocenters. The van der Waals surface area contributed by atoms with Gasteiger partial charge in [-0.1, -0.05) is 30.3 Å². The van der Waals surface area contributed by atoms with Crippen LogP contribution in [0.4, 0.5) is 0 Å². The molecule has 21 heavy (non-hydrogen) atoms. The third-order valence-corrected chi connectivity index (χ3v) is 4.00. The van der Waals surface area contributed by atoms with Crippen LogP contribution >= 0.6 is 0 Å². The van der Waals surface area contributed by atoms with Gasteiger partial charge in [-0.15, -0.1) is 0 Å². The summed E-state index contributed by atoms with van der Waals surface area (Å²) in [6.07, 6.45) is 0. The summed E-state index contributed by atoms with van der Waals surface area (Å²) in [7, 11) is 4.15. The van der Waals surface area contributed by atoms with Crippen LogP contribution in [0.3, 0.4) is 0 Å². The zero-order valence-corrected chi connectivity index (χ0v) is 13.6. The summed E-state index contributed by atoms with van der Waals surface area (Å²) in [5.74, 6) is 0. The Bertz CT molecular complexity index is 396. The van der Waals surface area contributed by atoms with Crippen molar-refractivity contribution in [2.75, 3.05) is 53.5 Å². The quantitative estimate of drug-likeness (QED) is 0.772. The van der Waals surface area contributed by atoms with E-state index in [1.54, 1.807) is 0 Å². The minimum absolute atomic E-state index is 0.458. The fraction of sp³-hybridized carbons (Fsp3) is 0.647. The Balaban J connectivity index is 1.84. The maximum Gasteiger partial charge on any atom is 0.0594 e. The number of hydrogen-bond donors (Lipinski definition) is 1. The van der Waals surface area contributed by atoms with E-state index in [0.29, 0.717) is 12.1 Å². The molecular weight excluding hydrogens is 262 g/mol. The highest BCUT2D eigenvalue weighted by Crippen LogP contribution is 2.22. The highest BCUT2D eigenvalue weighted by Gasteiger charge is 2.26. The molecule has 1 aromatic carbocycles. The lowest BCUT2D eigenvalue weighted by Crippen LogP contribution is -2.51. The molecule has 0 radical (unpaired) electrons. The number of likely N-dealkylation sites (N-methyl/N-ethyl adjacent to an activating group) is 1. The monoisotopic (exact) mass is 291 g/mol. The molecule has 118 valence electrons. The third kappa shape index (κ3) is 5.40. The van der Waals surface area contributed by atoms with Gasteiger partial charge < -0.3 is 15.0 Å². The van der Waals surface area contributed by atoms with Gasteiger partial charge in [0.25, 0.3) is 0 Å². The number of rotatable bonds is 7. The van der Waals surface area contributed by atoms with Gasteiger partial charge in [-0.3, -0.25) is 4.90 Å². The standard InChI is InChI=1S/C17H29N3O/c1-15-14-20(10-12-21-11-9-19(2)3)17(13-18-15)16-7-5-4-6-8-16/h4-8,15,17-18H,9-14H2,1-3H3. The number of nitrogens with one attached hydrogen (secondary N) is 1. The zero-order chi connectivity index (χ0) is 15.1. The Labute approximate surface area is 129 Å². The fourth-order valence-electron chi connectivity index (χ4n) is 2.77. The first-order valence-corrected chi connectivity index (χ1v) is 7.91. The van der Waals surface area contributed by atoms with E-state index >= 15 is 0 Å². The number of ether oxygens (including phenoxy) is 1. The summed E-state index contributed by atoms with van der Waals surface area (Å²) < 4.78 is 5.76. The molecule has 1 N–H and O–H groups in total. The van der Waals surface area contributed by atoms with Crippen molar-refractivity contribution in [2.45, 2.75) is 19.0 Å². The van der Waals surface area contributed by atoms with Crippen molar-refractivity contribution in [2.24, 2.45) is 0 Å². The molecule has 1 aliphatic heterocycles. The van der Waals surface area contributed by atoms with Crippen LogP contribution < -0.4 is 5.32 Å². The number of piperazine rings is 1. The minimum atomic E-state index is 0.458. The first-order chi connectivity index (χ1) is 10.2. The molecule has 1 heterocycles. The first-order valence-electron chi connectivity index (χ1n) is 7.91. The van der Waals surface area contributed by atoms with Crippen LogP contribution in [-0.4, -0.2) is 69.3 Å². The minimum Gasteiger partial charge on any atom is -0.379 e. The Kier molecular flexibility index (Phi) is 6.64. The van der Waals surface area contributed by atoms with Gasteiger partial charge in [0, 0.05) is 38.3 Å². The van der Waals surface area contributed by atoms with Crippen molar-refractivity contribution in [3.05, 3.63) is 35.9 Å². The van der Waals surface area contributed by atoms with E-state index in [-0.39, 0.29) is 0 Å². The van der Waals surface area contributed by atoms with Crippen molar-refractivity contribution in [3.8, 4) is 0 Å². The SMILES string of the molecule is CC1CN(CCOCCN(C)C)C(c2ccccc2)CN1. The Hall–Kier alpha value is -0.940. The van der Waals surface area contributed by atoms with Gasteiger partial charge in [0.05, 0.1) is 13.2 Å². The molecule has 1 aliphatic rings. The van der Waals surface area contributed by atoms with Crippen LogP contribution in [0.2, 0.25) is 0 Å². The van der Waals surface area contributed by atoms with E-state index in [0.717, 1.165) is 39.4 Å². The Morgan fingerprint density at radius 2 is 2.00 bits per heavy atom. The van der Waals surface area contributed by atoms with Gasteiger partial charge in [-0.05, 0) is 26.6 Å². The van der Waals surface area contributed by atoms with E-state index in [2.05, 4.69) is 66.5 Å². The number of nitrogens with zero attached hydrogens (tertiary/aromatic N) is 2. The largest absolute Gasteiger partial charge is 0.379 e. The van der Waals surface area contributed by atoms with Crippen molar-refractivity contribution < 1.29 is 4.74 Å². The van der Waals surface area contributed by atoms with E-state index in [1.165, 1.54) is 5.56 Å². The summed E-state index contributed by atoms with van der Waals surface area (Å²) in [4.78, 5) is 4.70. The Morgan fingerprint density at radius 3 is 2.71 bits per heavy atom. The maximum atomic E-state index is 5.76. The highest BCUT2D eigenvalue weighted by molar-refractivity contribution is 5.20. The predicted molar refractivity (Wildman–Crippen MR) is 87.6 cm³/mol. The summed E-state index contributed by atoms with van der Waals surface area (Å²) in [6, 6.07) is 11.8. The van der Waals surface area contributed by atoms with Gasteiger partial charge in [-0.25, -0.2) is 0 Å². The average Bonchev–Trinajstić information content (AvgIpc) is 2.47. The lowest BCUT2D eigenvalue weighted by Gasteiger charge is -2.39. The van der Waals surface area contributed by atoms with Crippen molar-refractivity contribution >= 4 is 0 Å². The molecule has 0 bridgehead atoms. The van der Waals surface area contributed by atoms with Gasteiger partial charge in [0.15, 0.2) is 0 Å². The zero-order valence-electron chi connectivity index (χ0n) is 13.6. The highest BCUT2D eigenvalue weighted by atomic mass is 16.5. The molecule has 1 fully saturated rings.